The number of ether oxygens (including phenoxy) is 3. The number of fused-ring (bicyclic) bond motifs is 20. The van der Waals surface area contributed by atoms with Gasteiger partial charge in [-0.2, -0.15) is 0 Å². The van der Waals surface area contributed by atoms with Crippen molar-refractivity contribution in [1.29, 1.82) is 0 Å². The van der Waals surface area contributed by atoms with Gasteiger partial charge in [0.05, 0.1) is 27.6 Å². The van der Waals surface area contributed by atoms with Crippen LogP contribution in [0.2, 0.25) is 0 Å². The van der Waals surface area contributed by atoms with Crippen LogP contribution in [-0.4, -0.2) is 83.9 Å². The van der Waals surface area contributed by atoms with Gasteiger partial charge in [-0.1, -0.05) is 72.8 Å². The van der Waals surface area contributed by atoms with Crippen molar-refractivity contribution in [2.75, 3.05) is 0 Å². The molecule has 5 N–H and O–H groups in total. The van der Waals surface area contributed by atoms with Gasteiger partial charge in [0, 0.05) is 38.4 Å². The van der Waals surface area contributed by atoms with Crippen LogP contribution in [0.4, 0.5) is 0 Å². The maximum absolute atomic E-state index is 12.0. The molecule has 0 amide bonds. The maximum atomic E-state index is 12.0. The van der Waals surface area contributed by atoms with E-state index in [2.05, 4.69) is 4.98 Å². The fourth-order valence-corrected chi connectivity index (χ4v) is 9.28. The summed E-state index contributed by atoms with van der Waals surface area (Å²) in [6.07, 6.45) is 0. The van der Waals surface area contributed by atoms with Gasteiger partial charge in [0.25, 0.3) is 0 Å². The summed E-state index contributed by atoms with van der Waals surface area (Å²) in [7, 11) is 0. The van der Waals surface area contributed by atoms with Crippen LogP contribution in [0.1, 0.15) is 41.4 Å². The Morgan fingerprint density at radius 2 is 0.738 bits per heavy atom. The molecule has 8 aromatic carbocycles. The van der Waals surface area contributed by atoms with E-state index in [4.69, 9.17) is 49.0 Å². The lowest BCUT2D eigenvalue weighted by molar-refractivity contribution is 0.0686. The van der Waals surface area contributed by atoms with Crippen LogP contribution in [0.15, 0.2) is 176 Å². The van der Waals surface area contributed by atoms with Crippen LogP contribution in [0, 0.1) is 0 Å². The third-order valence-corrected chi connectivity index (χ3v) is 13.1. The van der Waals surface area contributed by atoms with Crippen molar-refractivity contribution >= 4 is 68.0 Å². The van der Waals surface area contributed by atoms with E-state index in [1.807, 2.05) is 72.8 Å². The number of nitrogens with zero attached hydrogens (tertiary/aromatic N) is 7. The average molecular weight is 1060 g/mol. The molecular weight excluding hydrogens is 1020 g/mol. The second-order valence-electron chi connectivity index (χ2n) is 18.0. The summed E-state index contributed by atoms with van der Waals surface area (Å²) in [6, 6.07) is 46.6. The van der Waals surface area contributed by atoms with Gasteiger partial charge < -0.3 is 44.5 Å². The third-order valence-electron chi connectivity index (χ3n) is 13.1. The maximum Gasteiger partial charge on any atom is 0.335 e. The van der Waals surface area contributed by atoms with Crippen LogP contribution in [0.3, 0.4) is 0 Å². The number of nitrogens with one attached hydrogen (secondary N) is 1. The zero-order valence-corrected chi connectivity index (χ0v) is 40.9. The lowest BCUT2D eigenvalue weighted by Crippen LogP contribution is -2.07. The minimum Gasteiger partial charge on any atom is -0.478 e. The van der Waals surface area contributed by atoms with Crippen molar-refractivity contribution in [3.63, 3.8) is 0 Å². The van der Waals surface area contributed by atoms with E-state index >= 15 is 0 Å². The number of H-pyrrole nitrogens is 1. The Labute approximate surface area is 448 Å². The Kier molecular flexibility index (Phi) is 11.4. The Morgan fingerprint density at radius 3 is 1.16 bits per heavy atom. The molecule has 386 valence electrons. The zero-order chi connectivity index (χ0) is 54.8. The minimum absolute atomic E-state index is 0.00252. The number of rotatable bonds is 12. The summed E-state index contributed by atoms with van der Waals surface area (Å²) < 4.78 is 21.6. The van der Waals surface area contributed by atoms with Gasteiger partial charge in [-0.15, -0.1) is 4.73 Å². The number of carbonyl (C=O) groups is 4. The van der Waals surface area contributed by atoms with E-state index in [0.717, 1.165) is 0 Å². The molecule has 0 spiro atoms. The number of aromatic carboxylic acids is 4. The normalized spacial score (nSPS) is 11.4. The molecule has 80 heavy (non-hydrogen) atoms. The molecule has 2 aliphatic heterocycles. The highest BCUT2D eigenvalue weighted by Gasteiger charge is 2.28. The van der Waals surface area contributed by atoms with Gasteiger partial charge in [0.2, 0.25) is 5.75 Å². The smallest absolute Gasteiger partial charge is 0.335 e. The van der Waals surface area contributed by atoms with E-state index in [1.54, 1.807) is 6.07 Å². The van der Waals surface area contributed by atoms with Gasteiger partial charge in [-0.25, -0.2) is 49.1 Å². The summed E-state index contributed by atoms with van der Waals surface area (Å²) in [5.74, 6) is -3.06. The molecule has 11 aromatic rings. The number of hydrogen-bond acceptors (Lipinski definition) is 14. The first kappa shape index (κ1) is 47.9. The highest BCUT2D eigenvalue weighted by molar-refractivity contribution is 6.11. The molecular formula is C60H34N8O12. The minimum atomic E-state index is -1.17. The van der Waals surface area contributed by atoms with E-state index < -0.39 is 23.9 Å². The molecule has 8 bridgehead atoms. The molecule has 2 aliphatic rings. The summed E-state index contributed by atoms with van der Waals surface area (Å²) >= 11 is 0. The van der Waals surface area contributed by atoms with E-state index in [9.17, 15) is 39.6 Å². The van der Waals surface area contributed by atoms with E-state index in [0.29, 0.717) is 44.1 Å². The molecule has 0 saturated carbocycles. The fraction of sp³-hybridized carbons (Fsp3) is 0. The molecule has 0 atom stereocenters. The fourth-order valence-electron chi connectivity index (χ4n) is 9.28. The quantitative estimate of drug-likeness (QED) is 0.0760. The Morgan fingerprint density at radius 1 is 0.375 bits per heavy atom. The largest absolute Gasteiger partial charge is 0.478 e. The Bertz CT molecular complexity index is 4600. The number of carboxylic acid groups (broad SMARTS) is 4. The van der Waals surface area contributed by atoms with Crippen molar-refractivity contribution in [2.45, 2.75) is 0 Å². The monoisotopic (exact) mass is 1060 g/mol. The van der Waals surface area contributed by atoms with E-state index in [1.165, 1.54) is 102 Å². The van der Waals surface area contributed by atoms with Crippen molar-refractivity contribution in [1.82, 2.24) is 39.6 Å². The molecule has 0 unspecified atom stereocenters. The average Bonchev–Trinajstić information content (AvgIpc) is 4.35. The molecule has 20 nitrogen and oxygen atoms in total. The molecule has 3 aromatic heterocycles. The van der Waals surface area contributed by atoms with Crippen molar-refractivity contribution in [3.8, 4) is 85.8 Å². The molecule has 0 saturated heterocycles. The molecule has 5 heterocycles. The van der Waals surface area contributed by atoms with Gasteiger partial charge in [-0.05, 0) is 103 Å². The highest BCUT2D eigenvalue weighted by Crippen LogP contribution is 2.51. The van der Waals surface area contributed by atoms with Gasteiger partial charge in [-0.3, -0.25) is 0 Å². The predicted molar refractivity (Wildman–Crippen MR) is 290 cm³/mol. The number of aromatic amines is 1. The number of benzene rings is 8. The second kappa shape index (κ2) is 19.1. The highest BCUT2D eigenvalue weighted by atomic mass is 16.7. The van der Waals surface area contributed by atoms with Crippen molar-refractivity contribution < 1.29 is 58.7 Å². The SMILES string of the molecule is O=C(O)c1ccc(Oc2cc3c4nc5nc(nc6c7ccccc7c(nc7nc(nc([nH]4)c3c(Oc3ccc(C(=O)O)cc3)c2Oc2ccc(C(=O)O)cc2)-c2ccccc2-7)n6Oc2ccc(C(=O)O)cc2)-c2ccccc2-5)cc1. The standard InChI is InChI=1S/C60H34N8O12/c69-57(70)30-13-21-34(22-14-30)77-45-29-44-46(48(79-36-25-17-32(18-26-36)59(73)74)47(45)78-35-23-15-31(16-24-35)58(71)72)54-64-50-39-8-2-4-10-41(39)52(62-50)67-56-43-12-6-5-11-42(43)55(68(56)80-37-27-19-33(20-28-37)60(75)76)66-51-40-9-3-1-7-38(40)49(61-51)63-53(44)65-54/h1-29H,(H,69,70)(H,71,72)(H,73,74)(H,75,76)(H,61,62,63,64,65,66,67). The predicted octanol–water partition coefficient (Wildman–Crippen LogP) is 12.4. The van der Waals surface area contributed by atoms with Crippen LogP contribution >= 0.6 is 0 Å². The summed E-state index contributed by atoms with van der Waals surface area (Å²) in [5, 5.41) is 40.9. The first-order chi connectivity index (χ1) is 38.9. The second-order valence-corrected chi connectivity index (χ2v) is 18.0. The lowest BCUT2D eigenvalue weighted by Gasteiger charge is -2.18. The number of aromatic nitrogens is 8. The van der Waals surface area contributed by atoms with Crippen molar-refractivity contribution in [3.05, 3.63) is 198 Å². The third kappa shape index (κ3) is 8.57. The molecule has 0 aliphatic carbocycles. The van der Waals surface area contributed by atoms with Crippen molar-refractivity contribution in [2.24, 2.45) is 0 Å². The first-order valence-electron chi connectivity index (χ1n) is 24.3. The number of hydrogen-bond donors (Lipinski definition) is 5. The zero-order valence-electron chi connectivity index (χ0n) is 40.9. The van der Waals surface area contributed by atoms with Crippen LogP contribution in [0.5, 0.6) is 40.2 Å². The summed E-state index contributed by atoms with van der Waals surface area (Å²) in [6.45, 7) is 0. The number of carboxylic acids is 4. The van der Waals surface area contributed by atoms with E-state index in [-0.39, 0.29) is 108 Å². The summed E-state index contributed by atoms with van der Waals surface area (Å²) in [4.78, 5) is 88.9. The van der Waals surface area contributed by atoms with Crippen LogP contribution in [-0.2, 0) is 0 Å². The summed E-state index contributed by atoms with van der Waals surface area (Å²) in [5.41, 5.74) is 3.28. The van der Waals surface area contributed by atoms with Crippen LogP contribution < -0.4 is 19.0 Å². The molecule has 0 radical (unpaired) electrons. The Balaban J connectivity index is 1.16. The lowest BCUT2D eigenvalue weighted by atomic mass is 10.1. The molecule has 0 fully saturated rings. The molecule has 20 heteroatoms. The van der Waals surface area contributed by atoms with Gasteiger partial charge in [0.1, 0.15) is 28.5 Å². The van der Waals surface area contributed by atoms with Gasteiger partial charge in [0.15, 0.2) is 51.8 Å². The Hall–Kier alpha value is -11.8. The first-order valence-corrected chi connectivity index (χ1v) is 24.3. The van der Waals surface area contributed by atoms with Crippen LogP contribution in [0.25, 0.3) is 89.7 Å². The topological polar surface area (TPSA) is 284 Å². The molecule has 13 rings (SSSR count). The van der Waals surface area contributed by atoms with Gasteiger partial charge >= 0.3 is 23.9 Å².